The Kier molecular flexibility index (Phi) is 7.73. The lowest BCUT2D eigenvalue weighted by Crippen LogP contribution is -2.42. The minimum atomic E-state index is -4.35. The largest absolute Gasteiger partial charge is 0.497 e. The van der Waals surface area contributed by atoms with Crippen molar-refractivity contribution in [1.82, 2.24) is 0 Å². The highest BCUT2D eigenvalue weighted by atomic mass is 19.4. The number of halogens is 3. The molecule has 124 valence electrons. The van der Waals surface area contributed by atoms with Crippen LogP contribution >= 0.6 is 0 Å². The van der Waals surface area contributed by atoms with Gasteiger partial charge >= 0.3 is 18.1 Å². The van der Waals surface area contributed by atoms with Crippen LogP contribution in [0, 0.1) is 0 Å². The smallest absolute Gasteiger partial charge is 0.414 e. The van der Waals surface area contributed by atoms with Gasteiger partial charge in [-0.3, -0.25) is 0 Å². The molecule has 1 rings (SSSR count). The normalized spacial score (nSPS) is 11.7. The molecule has 10 heteroatoms. The summed E-state index contributed by atoms with van der Waals surface area (Å²) < 4.78 is 42.0. The molecule has 0 bridgehead atoms. The maximum atomic E-state index is 12.4. The van der Waals surface area contributed by atoms with Crippen molar-refractivity contribution in [3.63, 3.8) is 0 Å². The number of carboxylic acids is 2. The van der Waals surface area contributed by atoms with E-state index in [1.54, 1.807) is 12.1 Å². The van der Waals surface area contributed by atoms with Gasteiger partial charge in [0.05, 0.1) is 7.11 Å². The summed E-state index contributed by atoms with van der Waals surface area (Å²) in [6.07, 6.45) is -4.35. The highest BCUT2D eigenvalue weighted by Gasteiger charge is 2.38. The molecule has 0 aliphatic rings. The Morgan fingerprint density at radius 1 is 1.23 bits per heavy atom. The van der Waals surface area contributed by atoms with Gasteiger partial charge in [-0.05, 0) is 24.3 Å². The van der Waals surface area contributed by atoms with Gasteiger partial charge in [0.2, 0.25) is 0 Å². The number of rotatable bonds is 4. The number of hydrogen-bond donors (Lipinski definition) is 4. The molecule has 0 radical (unpaired) electrons. The molecule has 1 aromatic rings. The van der Waals surface area contributed by atoms with E-state index in [0.29, 0.717) is 11.4 Å². The predicted octanol–water partition coefficient (Wildman–Crippen LogP) is 1.15. The van der Waals surface area contributed by atoms with Gasteiger partial charge in [0.1, 0.15) is 11.8 Å². The van der Waals surface area contributed by atoms with E-state index >= 15 is 0 Å². The fourth-order valence-electron chi connectivity index (χ4n) is 1.16. The van der Waals surface area contributed by atoms with Crippen LogP contribution < -0.4 is 15.8 Å². The molecule has 0 spiro atoms. The lowest BCUT2D eigenvalue weighted by Gasteiger charge is -2.21. The number of alkyl halides is 3. The number of benzene rings is 1. The van der Waals surface area contributed by atoms with E-state index < -0.39 is 30.7 Å². The van der Waals surface area contributed by atoms with Crippen molar-refractivity contribution in [2.75, 3.05) is 19.0 Å². The standard InChI is InChI=1S/C10H13F3N2O.C2H2O4/c1-16-8-4-2-7(3-5-8)15-9(6-14)10(11,12)13;3-1(4)2(5)6/h2-5,9,15H,6,14H2,1H3;(H,3,4)(H,5,6). The van der Waals surface area contributed by atoms with E-state index in [1.165, 1.54) is 19.2 Å². The molecule has 5 N–H and O–H groups in total. The Balaban J connectivity index is 0.000000626. The van der Waals surface area contributed by atoms with E-state index in [2.05, 4.69) is 5.32 Å². The van der Waals surface area contributed by atoms with Gasteiger partial charge in [-0.2, -0.15) is 13.2 Å². The summed E-state index contributed by atoms with van der Waals surface area (Å²) in [6.45, 7) is -0.504. The van der Waals surface area contributed by atoms with Crippen molar-refractivity contribution in [3.05, 3.63) is 24.3 Å². The molecular weight excluding hydrogens is 309 g/mol. The summed E-state index contributed by atoms with van der Waals surface area (Å²) in [7, 11) is 1.49. The maximum Gasteiger partial charge on any atom is 0.414 e. The summed E-state index contributed by atoms with van der Waals surface area (Å²) in [5, 5.41) is 17.1. The fourth-order valence-corrected chi connectivity index (χ4v) is 1.16. The van der Waals surface area contributed by atoms with Crippen molar-refractivity contribution in [2.24, 2.45) is 5.73 Å². The average molecular weight is 324 g/mol. The minimum absolute atomic E-state index is 0.355. The van der Waals surface area contributed by atoms with Crippen LogP contribution in [0.1, 0.15) is 0 Å². The van der Waals surface area contributed by atoms with Gasteiger partial charge in [-0.15, -0.1) is 0 Å². The van der Waals surface area contributed by atoms with Gasteiger partial charge in [-0.25, -0.2) is 9.59 Å². The number of anilines is 1. The number of methoxy groups -OCH3 is 1. The van der Waals surface area contributed by atoms with Crippen LogP contribution in [0.2, 0.25) is 0 Å². The first kappa shape index (κ1) is 19.5. The zero-order valence-electron chi connectivity index (χ0n) is 11.4. The Morgan fingerprint density at radius 2 is 1.68 bits per heavy atom. The van der Waals surface area contributed by atoms with Crippen LogP contribution in [-0.4, -0.2) is 48.0 Å². The van der Waals surface area contributed by atoms with Gasteiger partial charge in [-0.1, -0.05) is 0 Å². The molecule has 0 aromatic heterocycles. The summed E-state index contributed by atoms with van der Waals surface area (Å²) >= 11 is 0. The Labute approximate surface area is 123 Å². The SMILES string of the molecule is COc1ccc(NC(CN)C(F)(F)F)cc1.O=C(O)C(=O)O. The van der Waals surface area contributed by atoms with Gasteiger partial charge in [0.25, 0.3) is 0 Å². The Morgan fingerprint density at radius 3 is 1.95 bits per heavy atom. The Bertz CT molecular complexity index is 479. The zero-order valence-corrected chi connectivity index (χ0v) is 11.4. The third-order valence-corrected chi connectivity index (χ3v) is 2.24. The molecule has 1 atom stereocenters. The van der Waals surface area contributed by atoms with Crippen LogP contribution in [0.15, 0.2) is 24.3 Å². The van der Waals surface area contributed by atoms with E-state index in [-0.39, 0.29) is 0 Å². The first-order chi connectivity index (χ1) is 10.1. The molecule has 22 heavy (non-hydrogen) atoms. The summed E-state index contributed by atoms with van der Waals surface area (Å²) in [6, 6.07) is 4.43. The zero-order chi connectivity index (χ0) is 17.3. The molecular formula is C12H15F3N2O5. The number of carbonyl (C=O) groups is 2. The number of aliphatic carboxylic acids is 2. The molecule has 0 aliphatic heterocycles. The second-order valence-corrected chi connectivity index (χ2v) is 3.81. The fraction of sp³-hybridized carbons (Fsp3) is 0.333. The third kappa shape index (κ3) is 7.33. The summed E-state index contributed by atoms with van der Waals surface area (Å²) in [5.74, 6) is -3.06. The topological polar surface area (TPSA) is 122 Å². The second-order valence-electron chi connectivity index (χ2n) is 3.81. The second kappa shape index (κ2) is 8.72. The van der Waals surface area contributed by atoms with E-state index in [4.69, 9.17) is 30.3 Å². The lowest BCUT2D eigenvalue weighted by atomic mass is 10.2. The molecule has 0 heterocycles. The van der Waals surface area contributed by atoms with Gasteiger partial charge in [0.15, 0.2) is 0 Å². The molecule has 1 aromatic carbocycles. The van der Waals surface area contributed by atoms with E-state index in [0.717, 1.165) is 0 Å². The lowest BCUT2D eigenvalue weighted by molar-refractivity contribution is -0.159. The van der Waals surface area contributed by atoms with Crippen LogP contribution in [0.4, 0.5) is 18.9 Å². The predicted molar refractivity (Wildman–Crippen MR) is 70.8 cm³/mol. The monoisotopic (exact) mass is 324 g/mol. The quantitative estimate of drug-likeness (QED) is 0.613. The summed E-state index contributed by atoms with van der Waals surface area (Å²) in [4.78, 5) is 18.2. The van der Waals surface area contributed by atoms with E-state index in [1.807, 2.05) is 0 Å². The molecule has 0 saturated carbocycles. The van der Waals surface area contributed by atoms with Crippen molar-refractivity contribution in [1.29, 1.82) is 0 Å². The van der Waals surface area contributed by atoms with Crippen molar-refractivity contribution in [3.8, 4) is 5.75 Å². The number of carboxylic acid groups (broad SMARTS) is 2. The van der Waals surface area contributed by atoms with Crippen LogP contribution in [0.5, 0.6) is 5.75 Å². The third-order valence-electron chi connectivity index (χ3n) is 2.24. The van der Waals surface area contributed by atoms with Gasteiger partial charge < -0.3 is 26.0 Å². The van der Waals surface area contributed by atoms with Crippen molar-refractivity contribution >= 4 is 17.6 Å². The molecule has 1 unspecified atom stereocenters. The molecule has 7 nitrogen and oxygen atoms in total. The minimum Gasteiger partial charge on any atom is -0.497 e. The van der Waals surface area contributed by atoms with Crippen LogP contribution in [0.25, 0.3) is 0 Å². The molecule has 0 saturated heterocycles. The van der Waals surface area contributed by atoms with Crippen molar-refractivity contribution < 1.29 is 37.7 Å². The van der Waals surface area contributed by atoms with Crippen molar-refractivity contribution in [2.45, 2.75) is 12.2 Å². The molecule has 0 fully saturated rings. The van der Waals surface area contributed by atoms with E-state index in [9.17, 15) is 13.2 Å². The first-order valence-corrected chi connectivity index (χ1v) is 5.75. The molecule has 0 amide bonds. The highest BCUT2D eigenvalue weighted by molar-refractivity contribution is 6.27. The highest BCUT2D eigenvalue weighted by Crippen LogP contribution is 2.24. The Hall–Kier alpha value is -2.49. The summed E-state index contributed by atoms with van der Waals surface area (Å²) in [5.41, 5.74) is 5.41. The maximum absolute atomic E-state index is 12.4. The number of nitrogens with one attached hydrogen (secondary N) is 1. The number of nitrogens with two attached hydrogens (primary N) is 1. The van der Waals surface area contributed by atoms with Crippen LogP contribution in [0.3, 0.4) is 0 Å². The van der Waals surface area contributed by atoms with Crippen LogP contribution in [-0.2, 0) is 9.59 Å². The number of ether oxygens (including phenoxy) is 1. The molecule has 0 aliphatic carbocycles. The number of hydrogen-bond acceptors (Lipinski definition) is 5. The van der Waals surface area contributed by atoms with Gasteiger partial charge in [0, 0.05) is 12.2 Å². The first-order valence-electron chi connectivity index (χ1n) is 5.75. The average Bonchev–Trinajstić information content (AvgIpc) is 2.44.